The molecule has 1 aliphatic carbocycles. The molecular formula is C24H29N3S. The molecule has 0 unspecified atom stereocenters. The molecule has 0 radical (unpaired) electrons. The van der Waals surface area contributed by atoms with Crippen LogP contribution < -0.4 is 5.32 Å². The van der Waals surface area contributed by atoms with E-state index in [9.17, 15) is 0 Å². The number of nitrogens with one attached hydrogen (secondary N) is 1. The summed E-state index contributed by atoms with van der Waals surface area (Å²) in [6, 6.07) is 18.9. The third kappa shape index (κ3) is 4.74. The van der Waals surface area contributed by atoms with Gasteiger partial charge in [0.2, 0.25) is 0 Å². The second-order valence-corrected chi connectivity index (χ2v) is 8.42. The molecule has 0 amide bonds. The normalized spacial score (nSPS) is 16.4. The first kappa shape index (κ1) is 20.4. The lowest BCUT2D eigenvalue weighted by Gasteiger charge is -2.41. The predicted molar refractivity (Wildman–Crippen MR) is 124 cm³/mol. The van der Waals surface area contributed by atoms with Gasteiger partial charge in [-0.05, 0) is 75.7 Å². The predicted octanol–water partition coefficient (Wildman–Crippen LogP) is 6.57. The fourth-order valence-corrected chi connectivity index (χ4v) is 4.87. The maximum atomic E-state index is 5.03. The van der Waals surface area contributed by atoms with Gasteiger partial charge in [0.1, 0.15) is 0 Å². The highest BCUT2D eigenvalue weighted by Gasteiger charge is 2.42. The lowest BCUT2D eigenvalue weighted by molar-refractivity contribution is 0.408. The Kier molecular flexibility index (Phi) is 7.10. The molecule has 1 aliphatic rings. The Labute approximate surface area is 173 Å². The monoisotopic (exact) mass is 391 g/mol. The highest BCUT2D eigenvalue weighted by atomic mass is 32.2. The zero-order valence-electron chi connectivity index (χ0n) is 16.8. The van der Waals surface area contributed by atoms with Gasteiger partial charge in [-0.25, -0.2) is 9.98 Å². The van der Waals surface area contributed by atoms with Gasteiger partial charge in [-0.3, -0.25) is 0 Å². The van der Waals surface area contributed by atoms with Gasteiger partial charge in [-0.15, -0.1) is 11.8 Å². The quantitative estimate of drug-likeness (QED) is 0.408. The summed E-state index contributed by atoms with van der Waals surface area (Å²) in [4.78, 5) is 10.6. The van der Waals surface area contributed by atoms with Crippen molar-refractivity contribution in [2.75, 3.05) is 11.9 Å². The molecule has 3 rings (SSSR count). The molecule has 0 saturated heterocycles. The van der Waals surface area contributed by atoms with Gasteiger partial charge < -0.3 is 5.32 Å². The van der Waals surface area contributed by atoms with Crippen LogP contribution in [0.15, 0.2) is 81.3 Å². The fourth-order valence-electron chi connectivity index (χ4n) is 3.40. The zero-order valence-corrected chi connectivity index (χ0v) is 17.6. The van der Waals surface area contributed by atoms with Gasteiger partial charge >= 0.3 is 0 Å². The molecule has 0 bridgehead atoms. The van der Waals surface area contributed by atoms with E-state index in [0.29, 0.717) is 5.84 Å². The standard InChI is InChI=1S/C24H29N3S/c1-4-10-22(24(17-9-18-24)28-21-11-7-6-8-12-21)27-23(25-3)19-13-15-20(16-14-19)26-5-2/h6-8,10-16,26H,3-5,9,17-18H2,1-2H3/b22-10-,27-23?. The van der Waals surface area contributed by atoms with Crippen molar-refractivity contribution in [1.82, 2.24) is 0 Å². The molecule has 146 valence electrons. The van der Waals surface area contributed by atoms with E-state index >= 15 is 0 Å². The summed E-state index contributed by atoms with van der Waals surface area (Å²) in [5, 5.41) is 3.32. The average molecular weight is 392 g/mol. The summed E-state index contributed by atoms with van der Waals surface area (Å²) >= 11 is 1.94. The van der Waals surface area contributed by atoms with E-state index in [1.165, 1.54) is 11.3 Å². The van der Waals surface area contributed by atoms with Gasteiger partial charge in [0.05, 0.1) is 10.4 Å². The van der Waals surface area contributed by atoms with E-state index in [2.05, 4.69) is 91.5 Å². The van der Waals surface area contributed by atoms with Gasteiger partial charge in [-0.1, -0.05) is 31.2 Å². The summed E-state index contributed by atoms with van der Waals surface area (Å²) < 4.78 is 0.0387. The van der Waals surface area contributed by atoms with Crippen LogP contribution in [0.25, 0.3) is 0 Å². The fraction of sp³-hybridized carbons (Fsp3) is 0.333. The maximum absolute atomic E-state index is 5.03. The first-order valence-corrected chi connectivity index (χ1v) is 10.9. The Bertz CT molecular complexity index is 834. The van der Waals surface area contributed by atoms with Gasteiger partial charge in [-0.2, -0.15) is 0 Å². The van der Waals surface area contributed by atoms with Crippen molar-refractivity contribution < 1.29 is 0 Å². The molecule has 0 heterocycles. The number of nitrogens with zero attached hydrogens (tertiary/aromatic N) is 2. The highest BCUT2D eigenvalue weighted by Crippen LogP contribution is 2.53. The van der Waals surface area contributed by atoms with Crippen molar-refractivity contribution in [3.63, 3.8) is 0 Å². The number of aliphatic imine (C=N–C) groups is 2. The summed E-state index contributed by atoms with van der Waals surface area (Å²) in [7, 11) is 0. The first-order valence-electron chi connectivity index (χ1n) is 10.0. The van der Waals surface area contributed by atoms with Crippen LogP contribution in [0.1, 0.15) is 45.1 Å². The lowest BCUT2D eigenvalue weighted by Crippen LogP contribution is -2.35. The summed E-state index contributed by atoms with van der Waals surface area (Å²) in [5.74, 6) is 0.697. The summed E-state index contributed by atoms with van der Waals surface area (Å²) in [6.07, 6.45) is 6.75. The molecular weight excluding hydrogens is 362 g/mol. The van der Waals surface area contributed by atoms with Crippen LogP contribution in [0.3, 0.4) is 0 Å². The second kappa shape index (κ2) is 9.74. The zero-order chi connectivity index (χ0) is 19.8. The van der Waals surface area contributed by atoms with Crippen LogP contribution in [-0.2, 0) is 0 Å². The number of benzene rings is 2. The Morgan fingerprint density at radius 3 is 2.36 bits per heavy atom. The Hall–Kier alpha value is -2.33. The topological polar surface area (TPSA) is 36.8 Å². The van der Waals surface area contributed by atoms with Crippen LogP contribution in [0, 0.1) is 0 Å². The van der Waals surface area contributed by atoms with Gasteiger partial charge in [0.15, 0.2) is 5.84 Å². The first-order chi connectivity index (χ1) is 13.7. The van der Waals surface area contributed by atoms with Crippen LogP contribution in [0.4, 0.5) is 5.69 Å². The molecule has 0 atom stereocenters. The maximum Gasteiger partial charge on any atom is 0.158 e. The third-order valence-corrected chi connectivity index (χ3v) is 6.50. The van der Waals surface area contributed by atoms with Crippen LogP contribution in [0.2, 0.25) is 0 Å². The summed E-state index contributed by atoms with van der Waals surface area (Å²) in [5.41, 5.74) is 3.24. The minimum absolute atomic E-state index is 0.0387. The smallest absolute Gasteiger partial charge is 0.158 e. The molecule has 4 heteroatoms. The van der Waals surface area contributed by atoms with Crippen molar-refractivity contribution >= 4 is 30.0 Å². The molecule has 2 aromatic rings. The molecule has 1 saturated carbocycles. The number of hydrogen-bond donors (Lipinski definition) is 1. The number of anilines is 1. The Balaban J connectivity index is 1.91. The van der Waals surface area contributed by atoms with Crippen molar-refractivity contribution in [2.24, 2.45) is 9.98 Å². The minimum Gasteiger partial charge on any atom is -0.385 e. The van der Waals surface area contributed by atoms with E-state index < -0.39 is 0 Å². The third-order valence-electron chi connectivity index (χ3n) is 4.98. The van der Waals surface area contributed by atoms with Crippen molar-refractivity contribution in [3.8, 4) is 0 Å². The molecule has 0 aromatic heterocycles. The lowest BCUT2D eigenvalue weighted by atomic mass is 9.81. The molecule has 28 heavy (non-hydrogen) atoms. The van der Waals surface area contributed by atoms with Gasteiger partial charge in [0, 0.05) is 22.7 Å². The van der Waals surface area contributed by atoms with Crippen molar-refractivity contribution in [2.45, 2.75) is 49.2 Å². The van der Waals surface area contributed by atoms with E-state index in [1.54, 1.807) is 0 Å². The van der Waals surface area contributed by atoms with Crippen LogP contribution >= 0.6 is 11.8 Å². The number of allylic oxidation sites excluding steroid dienone is 1. The highest BCUT2D eigenvalue weighted by molar-refractivity contribution is 8.01. The molecule has 3 nitrogen and oxygen atoms in total. The Morgan fingerprint density at radius 2 is 1.82 bits per heavy atom. The van der Waals surface area contributed by atoms with E-state index in [-0.39, 0.29) is 4.75 Å². The molecule has 1 fully saturated rings. The number of rotatable bonds is 8. The van der Waals surface area contributed by atoms with E-state index in [0.717, 1.165) is 42.8 Å². The second-order valence-electron chi connectivity index (χ2n) is 6.96. The summed E-state index contributed by atoms with van der Waals surface area (Å²) in [6.45, 7) is 8.96. The Morgan fingerprint density at radius 1 is 1.11 bits per heavy atom. The average Bonchev–Trinajstić information content (AvgIpc) is 2.70. The van der Waals surface area contributed by atoms with E-state index in [1.807, 2.05) is 11.8 Å². The van der Waals surface area contributed by atoms with Crippen molar-refractivity contribution in [3.05, 3.63) is 71.9 Å². The van der Waals surface area contributed by atoms with Crippen molar-refractivity contribution in [1.29, 1.82) is 0 Å². The SMILES string of the molecule is C=NC(=N/C(=C\CC)C1(Sc2ccccc2)CCC1)c1ccc(NCC)cc1. The van der Waals surface area contributed by atoms with E-state index in [4.69, 9.17) is 4.99 Å². The molecule has 2 aromatic carbocycles. The molecule has 0 spiro atoms. The van der Waals surface area contributed by atoms with Crippen LogP contribution in [-0.4, -0.2) is 23.8 Å². The minimum atomic E-state index is 0.0387. The molecule has 0 aliphatic heterocycles. The molecule has 1 N–H and O–H groups in total. The number of thioether (sulfide) groups is 1. The largest absolute Gasteiger partial charge is 0.385 e. The van der Waals surface area contributed by atoms with Gasteiger partial charge in [0.25, 0.3) is 0 Å². The van der Waals surface area contributed by atoms with Crippen LogP contribution in [0.5, 0.6) is 0 Å². The number of amidine groups is 1. The number of hydrogen-bond acceptors (Lipinski definition) is 3.